The Bertz CT molecular complexity index is 370. The monoisotopic (exact) mass is 294 g/mol. The van der Waals surface area contributed by atoms with Gasteiger partial charge in [-0.25, -0.2) is 4.98 Å². The van der Waals surface area contributed by atoms with Gasteiger partial charge < -0.3 is 10.4 Å². The summed E-state index contributed by atoms with van der Waals surface area (Å²) in [5.74, 6) is 0.398. The smallest absolute Gasteiger partial charge is 0.391 e. The fraction of sp³-hybridized carbons (Fsp3) is 0.583. The van der Waals surface area contributed by atoms with Crippen molar-refractivity contribution >= 4 is 11.8 Å². The Morgan fingerprint density at radius 1 is 1.42 bits per heavy atom. The molecule has 0 aromatic carbocycles. The third kappa shape index (κ3) is 6.26. The van der Waals surface area contributed by atoms with Gasteiger partial charge in [0.15, 0.2) is 0 Å². The zero-order chi connectivity index (χ0) is 14.3. The lowest BCUT2D eigenvalue weighted by atomic mass is 10.3. The zero-order valence-corrected chi connectivity index (χ0v) is 11.4. The summed E-state index contributed by atoms with van der Waals surface area (Å²) in [6.45, 7) is 3.34. The van der Waals surface area contributed by atoms with Gasteiger partial charge in [0.1, 0.15) is 0 Å². The molecule has 108 valence electrons. The van der Waals surface area contributed by atoms with Crippen molar-refractivity contribution in [1.82, 2.24) is 10.3 Å². The van der Waals surface area contributed by atoms with Gasteiger partial charge in [0, 0.05) is 18.5 Å². The average molecular weight is 294 g/mol. The number of nitrogens with zero attached hydrogens (tertiary/aromatic N) is 1. The molecule has 2 N–H and O–H groups in total. The third-order valence-electron chi connectivity index (χ3n) is 2.29. The van der Waals surface area contributed by atoms with E-state index in [1.807, 2.05) is 6.92 Å². The van der Waals surface area contributed by atoms with E-state index in [1.54, 1.807) is 0 Å². The number of halogens is 3. The molecule has 3 nitrogen and oxygen atoms in total. The SMILES string of the molecule is CCCNCC(O)CSc1ccc(C(F)(F)F)cn1. The Labute approximate surface area is 114 Å². The highest BCUT2D eigenvalue weighted by Crippen LogP contribution is 2.29. The van der Waals surface area contributed by atoms with Crippen molar-refractivity contribution in [3.63, 3.8) is 0 Å². The Morgan fingerprint density at radius 3 is 2.68 bits per heavy atom. The molecule has 19 heavy (non-hydrogen) atoms. The first-order valence-electron chi connectivity index (χ1n) is 5.98. The lowest BCUT2D eigenvalue weighted by Crippen LogP contribution is -2.28. The maximum absolute atomic E-state index is 12.3. The molecule has 0 radical (unpaired) electrons. The van der Waals surface area contributed by atoms with Gasteiger partial charge in [0.2, 0.25) is 0 Å². The van der Waals surface area contributed by atoms with Crippen molar-refractivity contribution < 1.29 is 18.3 Å². The quantitative estimate of drug-likeness (QED) is 0.599. The van der Waals surface area contributed by atoms with Crippen LogP contribution in [0.4, 0.5) is 13.2 Å². The second-order valence-corrected chi connectivity index (χ2v) is 5.09. The predicted molar refractivity (Wildman–Crippen MR) is 69.1 cm³/mol. The van der Waals surface area contributed by atoms with E-state index in [0.717, 1.165) is 25.2 Å². The van der Waals surface area contributed by atoms with Crippen LogP contribution in [0.15, 0.2) is 23.4 Å². The summed E-state index contributed by atoms with van der Waals surface area (Å²) in [5.41, 5.74) is -0.762. The summed E-state index contributed by atoms with van der Waals surface area (Å²) in [4.78, 5) is 3.73. The largest absolute Gasteiger partial charge is 0.417 e. The highest BCUT2D eigenvalue weighted by atomic mass is 32.2. The van der Waals surface area contributed by atoms with Crippen LogP contribution in [-0.2, 0) is 6.18 Å². The van der Waals surface area contributed by atoms with Gasteiger partial charge in [-0.1, -0.05) is 6.92 Å². The Balaban J connectivity index is 2.37. The number of nitrogens with one attached hydrogen (secondary N) is 1. The van der Waals surface area contributed by atoms with Crippen LogP contribution in [0.25, 0.3) is 0 Å². The van der Waals surface area contributed by atoms with E-state index in [4.69, 9.17) is 0 Å². The summed E-state index contributed by atoms with van der Waals surface area (Å²) < 4.78 is 36.9. The molecule has 0 aliphatic carbocycles. The number of aliphatic hydroxyl groups is 1. The Kier molecular flexibility index (Phi) is 6.60. The number of hydrogen-bond donors (Lipinski definition) is 2. The number of aromatic nitrogens is 1. The summed E-state index contributed by atoms with van der Waals surface area (Å²) in [7, 11) is 0. The van der Waals surface area contributed by atoms with Gasteiger partial charge in [-0.3, -0.25) is 0 Å². The lowest BCUT2D eigenvalue weighted by molar-refractivity contribution is -0.137. The van der Waals surface area contributed by atoms with E-state index in [-0.39, 0.29) is 0 Å². The fourth-order valence-corrected chi connectivity index (χ4v) is 2.09. The molecule has 0 bridgehead atoms. The van der Waals surface area contributed by atoms with Crippen LogP contribution in [0.2, 0.25) is 0 Å². The van der Waals surface area contributed by atoms with Crippen molar-refractivity contribution in [1.29, 1.82) is 0 Å². The summed E-state index contributed by atoms with van der Waals surface area (Å²) >= 11 is 1.24. The zero-order valence-electron chi connectivity index (χ0n) is 10.6. The van der Waals surface area contributed by atoms with Crippen LogP contribution in [0.1, 0.15) is 18.9 Å². The van der Waals surface area contributed by atoms with Gasteiger partial charge >= 0.3 is 6.18 Å². The minimum Gasteiger partial charge on any atom is -0.391 e. The second-order valence-electron chi connectivity index (χ2n) is 4.05. The predicted octanol–water partition coefficient (Wildman–Crippen LogP) is 2.55. The first kappa shape index (κ1) is 16.3. The summed E-state index contributed by atoms with van der Waals surface area (Å²) in [6.07, 6.45) is -3.11. The van der Waals surface area contributed by atoms with E-state index in [9.17, 15) is 18.3 Å². The topological polar surface area (TPSA) is 45.1 Å². The van der Waals surface area contributed by atoms with Crippen LogP contribution < -0.4 is 5.32 Å². The van der Waals surface area contributed by atoms with Crippen molar-refractivity contribution in [2.75, 3.05) is 18.8 Å². The molecule has 0 fully saturated rings. The van der Waals surface area contributed by atoms with Crippen LogP contribution in [0.3, 0.4) is 0 Å². The van der Waals surface area contributed by atoms with E-state index in [2.05, 4.69) is 10.3 Å². The van der Waals surface area contributed by atoms with Crippen LogP contribution >= 0.6 is 11.8 Å². The first-order chi connectivity index (χ1) is 8.93. The molecule has 0 spiro atoms. The molecule has 7 heteroatoms. The van der Waals surface area contributed by atoms with Crippen molar-refractivity contribution in [2.24, 2.45) is 0 Å². The number of hydrogen-bond acceptors (Lipinski definition) is 4. The van der Waals surface area contributed by atoms with Crippen LogP contribution in [-0.4, -0.2) is 35.0 Å². The number of pyridine rings is 1. The lowest BCUT2D eigenvalue weighted by Gasteiger charge is -2.11. The first-order valence-corrected chi connectivity index (χ1v) is 6.97. The number of aliphatic hydroxyl groups excluding tert-OH is 1. The molecule has 0 saturated heterocycles. The number of rotatable bonds is 7. The average Bonchev–Trinajstić information content (AvgIpc) is 2.36. The van der Waals surface area contributed by atoms with Gasteiger partial charge in [0.25, 0.3) is 0 Å². The van der Waals surface area contributed by atoms with Crippen LogP contribution in [0, 0.1) is 0 Å². The van der Waals surface area contributed by atoms with E-state index in [1.165, 1.54) is 17.8 Å². The Hall–Kier alpha value is -0.790. The van der Waals surface area contributed by atoms with E-state index < -0.39 is 17.8 Å². The molecular formula is C12H17F3N2OS. The molecule has 0 amide bonds. The highest BCUT2D eigenvalue weighted by molar-refractivity contribution is 7.99. The molecule has 1 heterocycles. The van der Waals surface area contributed by atoms with Gasteiger partial charge in [-0.2, -0.15) is 13.2 Å². The molecule has 1 aromatic heterocycles. The molecule has 1 atom stereocenters. The normalized spacial score (nSPS) is 13.5. The molecule has 1 rings (SSSR count). The van der Waals surface area contributed by atoms with Gasteiger partial charge in [-0.05, 0) is 25.1 Å². The van der Waals surface area contributed by atoms with E-state index in [0.29, 0.717) is 17.3 Å². The number of thioether (sulfide) groups is 1. The molecule has 1 unspecified atom stereocenters. The molecule has 0 aliphatic rings. The maximum atomic E-state index is 12.3. The summed E-state index contributed by atoms with van der Waals surface area (Å²) in [5, 5.41) is 13.2. The minimum absolute atomic E-state index is 0.398. The standard InChI is InChI=1S/C12H17F3N2OS/c1-2-5-16-7-10(18)8-19-11-4-3-9(6-17-11)12(13,14)15/h3-4,6,10,16,18H,2,5,7-8H2,1H3. The second kappa shape index (κ2) is 7.72. The van der Waals surface area contributed by atoms with E-state index >= 15 is 0 Å². The Morgan fingerprint density at radius 2 is 2.16 bits per heavy atom. The third-order valence-corrected chi connectivity index (χ3v) is 3.38. The fourth-order valence-electron chi connectivity index (χ4n) is 1.32. The number of alkyl halides is 3. The van der Waals surface area contributed by atoms with Gasteiger partial charge in [0.05, 0.1) is 16.7 Å². The highest BCUT2D eigenvalue weighted by Gasteiger charge is 2.30. The van der Waals surface area contributed by atoms with Crippen molar-refractivity contribution in [3.05, 3.63) is 23.9 Å². The minimum atomic E-state index is -4.36. The molecular weight excluding hydrogens is 277 g/mol. The summed E-state index contributed by atoms with van der Waals surface area (Å²) in [6, 6.07) is 2.32. The molecule has 0 saturated carbocycles. The van der Waals surface area contributed by atoms with Crippen LogP contribution in [0.5, 0.6) is 0 Å². The van der Waals surface area contributed by atoms with Crippen molar-refractivity contribution in [2.45, 2.75) is 30.7 Å². The molecule has 0 aliphatic heterocycles. The van der Waals surface area contributed by atoms with Gasteiger partial charge in [-0.15, -0.1) is 11.8 Å². The van der Waals surface area contributed by atoms with Crippen molar-refractivity contribution in [3.8, 4) is 0 Å². The molecule has 1 aromatic rings. The maximum Gasteiger partial charge on any atom is 0.417 e.